The lowest BCUT2D eigenvalue weighted by atomic mass is 10.1. The molecule has 6 heteroatoms. The number of fused-ring (bicyclic) bond motifs is 2. The van der Waals surface area contributed by atoms with Crippen LogP contribution in [0.15, 0.2) is 36.5 Å². The van der Waals surface area contributed by atoms with Gasteiger partial charge in [-0.25, -0.2) is 4.98 Å². The van der Waals surface area contributed by atoms with E-state index in [0.29, 0.717) is 22.1 Å². The number of hydrogen-bond acceptors (Lipinski definition) is 3. The van der Waals surface area contributed by atoms with Gasteiger partial charge in [-0.3, -0.25) is 0 Å². The van der Waals surface area contributed by atoms with Crippen LogP contribution in [0.3, 0.4) is 0 Å². The second kappa shape index (κ2) is 6.04. The molecule has 2 saturated heterocycles. The van der Waals surface area contributed by atoms with Crippen molar-refractivity contribution < 1.29 is 0 Å². The number of aromatic nitrogens is 1. The molecule has 2 aliphatic heterocycles. The maximum atomic E-state index is 6.32. The number of hydrogen-bond donors (Lipinski definition) is 0. The predicted molar refractivity (Wildman–Crippen MR) is 97.2 cm³/mol. The molecule has 2 bridgehead atoms. The third-order valence-electron chi connectivity index (χ3n) is 4.72. The van der Waals surface area contributed by atoms with Gasteiger partial charge in [0.2, 0.25) is 0 Å². The number of piperazine rings is 1. The van der Waals surface area contributed by atoms with Crippen molar-refractivity contribution in [2.24, 2.45) is 0 Å². The minimum atomic E-state index is 0.448. The molecule has 0 N–H and O–H groups in total. The Morgan fingerprint density at radius 1 is 0.913 bits per heavy atom. The molecule has 120 valence electrons. The molecular weight excluding hydrogens is 353 g/mol. The summed E-state index contributed by atoms with van der Waals surface area (Å²) in [6.45, 7) is 1.85. The monoisotopic (exact) mass is 367 g/mol. The van der Waals surface area contributed by atoms with E-state index in [2.05, 4.69) is 20.9 Å². The number of halogens is 3. The van der Waals surface area contributed by atoms with Crippen molar-refractivity contribution in [2.75, 3.05) is 22.9 Å². The van der Waals surface area contributed by atoms with Crippen LogP contribution >= 0.6 is 34.8 Å². The fourth-order valence-electron chi connectivity index (χ4n) is 3.75. The summed E-state index contributed by atoms with van der Waals surface area (Å²) >= 11 is 18.6. The first-order valence-electron chi connectivity index (χ1n) is 7.72. The van der Waals surface area contributed by atoms with Crippen molar-refractivity contribution in [2.45, 2.75) is 24.9 Å². The molecule has 2 unspecified atom stereocenters. The minimum absolute atomic E-state index is 0.448. The average Bonchev–Trinajstić information content (AvgIpc) is 2.81. The molecule has 3 nitrogen and oxygen atoms in total. The molecule has 2 fully saturated rings. The molecule has 0 saturated carbocycles. The van der Waals surface area contributed by atoms with Crippen LogP contribution in [0.4, 0.5) is 11.5 Å². The van der Waals surface area contributed by atoms with Gasteiger partial charge in [-0.05, 0) is 43.2 Å². The topological polar surface area (TPSA) is 19.4 Å². The summed E-state index contributed by atoms with van der Waals surface area (Å²) in [4.78, 5) is 9.24. The van der Waals surface area contributed by atoms with Gasteiger partial charge in [0.25, 0.3) is 0 Å². The first kappa shape index (κ1) is 15.4. The van der Waals surface area contributed by atoms with Crippen LogP contribution in [0.1, 0.15) is 12.8 Å². The number of pyridine rings is 1. The van der Waals surface area contributed by atoms with Crippen molar-refractivity contribution in [3.63, 3.8) is 0 Å². The second-order valence-electron chi connectivity index (χ2n) is 6.10. The lowest BCUT2D eigenvalue weighted by Gasteiger charge is -2.43. The van der Waals surface area contributed by atoms with Gasteiger partial charge in [0.1, 0.15) is 5.82 Å². The van der Waals surface area contributed by atoms with Crippen LogP contribution in [0.25, 0.3) is 0 Å². The predicted octanol–water partition coefficient (Wildman–Crippen LogP) is 4.90. The van der Waals surface area contributed by atoms with Gasteiger partial charge < -0.3 is 9.80 Å². The van der Waals surface area contributed by atoms with Crippen LogP contribution in [0.5, 0.6) is 0 Å². The Labute approximate surface area is 150 Å². The van der Waals surface area contributed by atoms with Gasteiger partial charge in [0.05, 0.1) is 15.1 Å². The van der Waals surface area contributed by atoms with Gasteiger partial charge in [0, 0.05) is 37.1 Å². The largest absolute Gasteiger partial charge is 0.362 e. The molecule has 2 aromatic rings. The SMILES string of the molecule is Clc1ccc(N2C3CCC2CN(c2ncccc2Cl)C3)cc1Cl. The zero-order chi connectivity index (χ0) is 16.0. The third-order valence-corrected chi connectivity index (χ3v) is 5.76. The summed E-state index contributed by atoms with van der Waals surface area (Å²) in [7, 11) is 0. The first-order valence-corrected chi connectivity index (χ1v) is 8.86. The van der Waals surface area contributed by atoms with Gasteiger partial charge in [-0.15, -0.1) is 0 Å². The Hall–Kier alpha value is -1.16. The summed E-state index contributed by atoms with van der Waals surface area (Å²) in [5, 5.41) is 1.93. The van der Waals surface area contributed by atoms with Crippen molar-refractivity contribution in [1.82, 2.24) is 4.98 Å². The molecule has 4 rings (SSSR count). The Kier molecular flexibility index (Phi) is 4.04. The molecule has 2 atom stereocenters. The maximum absolute atomic E-state index is 6.32. The third kappa shape index (κ3) is 2.75. The Bertz CT molecular complexity index is 723. The van der Waals surface area contributed by atoms with E-state index in [1.54, 1.807) is 6.20 Å². The van der Waals surface area contributed by atoms with Crippen molar-refractivity contribution in [1.29, 1.82) is 0 Å². The molecule has 2 aliphatic rings. The maximum Gasteiger partial charge on any atom is 0.147 e. The number of anilines is 2. The van der Waals surface area contributed by atoms with Gasteiger partial charge in [-0.2, -0.15) is 0 Å². The number of rotatable bonds is 2. The Morgan fingerprint density at radius 2 is 1.65 bits per heavy atom. The minimum Gasteiger partial charge on any atom is -0.362 e. The van der Waals surface area contributed by atoms with E-state index in [1.165, 1.54) is 12.8 Å². The quantitative estimate of drug-likeness (QED) is 0.751. The lowest BCUT2D eigenvalue weighted by Crippen LogP contribution is -2.54. The molecule has 0 amide bonds. The Balaban J connectivity index is 1.61. The summed E-state index contributed by atoms with van der Waals surface area (Å²) < 4.78 is 0. The highest BCUT2D eigenvalue weighted by Gasteiger charge is 2.40. The van der Waals surface area contributed by atoms with E-state index < -0.39 is 0 Å². The normalized spacial score (nSPS) is 23.4. The van der Waals surface area contributed by atoms with E-state index in [1.807, 2.05) is 24.3 Å². The summed E-state index contributed by atoms with van der Waals surface area (Å²) in [6.07, 6.45) is 4.15. The smallest absolute Gasteiger partial charge is 0.147 e. The van der Waals surface area contributed by atoms with Crippen molar-refractivity contribution in [3.05, 3.63) is 51.6 Å². The Morgan fingerprint density at radius 3 is 2.30 bits per heavy atom. The molecule has 0 radical (unpaired) electrons. The zero-order valence-electron chi connectivity index (χ0n) is 12.4. The molecule has 23 heavy (non-hydrogen) atoms. The van der Waals surface area contributed by atoms with Gasteiger partial charge in [0.15, 0.2) is 0 Å². The summed E-state index contributed by atoms with van der Waals surface area (Å²) in [5.41, 5.74) is 1.15. The fraction of sp³-hybridized carbons (Fsp3) is 0.353. The molecular formula is C17H16Cl3N3. The molecule has 3 heterocycles. The summed E-state index contributed by atoms with van der Waals surface area (Å²) in [6, 6.07) is 10.6. The molecule has 1 aromatic carbocycles. The van der Waals surface area contributed by atoms with Crippen molar-refractivity contribution >= 4 is 46.3 Å². The average molecular weight is 369 g/mol. The van der Waals surface area contributed by atoms with E-state index in [9.17, 15) is 0 Å². The fourth-order valence-corrected chi connectivity index (χ4v) is 4.29. The molecule has 0 spiro atoms. The lowest BCUT2D eigenvalue weighted by molar-refractivity contribution is 0.532. The van der Waals surface area contributed by atoms with E-state index in [4.69, 9.17) is 34.8 Å². The standard InChI is InChI=1S/C17H16Cl3N3/c18-14-6-5-11(8-16(14)20)23-12-3-4-13(23)10-22(9-12)17-15(19)2-1-7-21-17/h1-2,5-8,12-13H,3-4,9-10H2. The van der Waals surface area contributed by atoms with Crippen molar-refractivity contribution in [3.8, 4) is 0 Å². The van der Waals surface area contributed by atoms with Crippen LogP contribution in [-0.4, -0.2) is 30.2 Å². The number of benzene rings is 1. The van der Waals surface area contributed by atoms with E-state index >= 15 is 0 Å². The zero-order valence-corrected chi connectivity index (χ0v) is 14.7. The van der Waals surface area contributed by atoms with Crippen LogP contribution < -0.4 is 9.80 Å². The van der Waals surface area contributed by atoms with Crippen LogP contribution in [0.2, 0.25) is 15.1 Å². The van der Waals surface area contributed by atoms with E-state index in [0.717, 1.165) is 29.6 Å². The van der Waals surface area contributed by atoms with Gasteiger partial charge >= 0.3 is 0 Å². The summed E-state index contributed by atoms with van der Waals surface area (Å²) in [5.74, 6) is 0.889. The van der Waals surface area contributed by atoms with Gasteiger partial charge in [-0.1, -0.05) is 34.8 Å². The first-order chi connectivity index (χ1) is 11.1. The highest BCUT2D eigenvalue weighted by atomic mass is 35.5. The highest BCUT2D eigenvalue weighted by Crippen LogP contribution is 2.39. The molecule has 0 aliphatic carbocycles. The van der Waals surface area contributed by atoms with Crippen LogP contribution in [0, 0.1) is 0 Å². The van der Waals surface area contributed by atoms with E-state index in [-0.39, 0.29) is 0 Å². The second-order valence-corrected chi connectivity index (χ2v) is 7.33. The van der Waals surface area contributed by atoms with Crippen LogP contribution in [-0.2, 0) is 0 Å². The molecule has 1 aromatic heterocycles. The number of nitrogens with zero attached hydrogens (tertiary/aromatic N) is 3. The highest BCUT2D eigenvalue weighted by molar-refractivity contribution is 6.42.